The van der Waals surface area contributed by atoms with E-state index in [0.717, 1.165) is 29.0 Å². The maximum Gasteiger partial charge on any atom is 0.259 e. The number of aryl methyl sites for hydroxylation is 2. The standard InChI is InChI=1S/C20H28N4O2S/c1-10(2)14-7-6-11(3)8-15(14)23-24-17(25)9-16-21-19(26)18-12(4)13(5)27-20(18)22-16/h10-11,14H,6-9H2,1-5H3,(H,24,25)(H,21,22,26)/t11-,14-/m1/s1. The molecule has 7 heteroatoms. The molecule has 0 aromatic carbocycles. The molecule has 146 valence electrons. The van der Waals surface area contributed by atoms with Gasteiger partial charge < -0.3 is 4.98 Å². The number of fused-ring (bicyclic) bond motifs is 1. The van der Waals surface area contributed by atoms with Crippen molar-refractivity contribution in [1.29, 1.82) is 0 Å². The molecule has 1 fully saturated rings. The van der Waals surface area contributed by atoms with Gasteiger partial charge in [-0.05, 0) is 50.5 Å². The first-order valence-electron chi connectivity index (χ1n) is 9.60. The van der Waals surface area contributed by atoms with E-state index in [9.17, 15) is 9.59 Å². The van der Waals surface area contributed by atoms with Crippen molar-refractivity contribution < 1.29 is 4.79 Å². The normalized spacial score (nSPS) is 21.9. The fraction of sp³-hybridized carbons (Fsp3) is 0.600. The van der Waals surface area contributed by atoms with Crippen LogP contribution < -0.4 is 11.0 Å². The average molecular weight is 389 g/mol. The van der Waals surface area contributed by atoms with Crippen LogP contribution in [0.3, 0.4) is 0 Å². The van der Waals surface area contributed by atoms with Crippen LogP contribution in [0, 0.1) is 31.6 Å². The van der Waals surface area contributed by atoms with Crippen LogP contribution in [0.5, 0.6) is 0 Å². The van der Waals surface area contributed by atoms with Crippen molar-refractivity contribution in [3.05, 3.63) is 26.6 Å². The van der Waals surface area contributed by atoms with Crippen LogP contribution in [-0.2, 0) is 11.2 Å². The zero-order valence-electron chi connectivity index (χ0n) is 16.7. The van der Waals surface area contributed by atoms with E-state index in [4.69, 9.17) is 0 Å². The van der Waals surface area contributed by atoms with Gasteiger partial charge in [0.15, 0.2) is 0 Å². The second-order valence-corrected chi connectivity index (χ2v) is 9.23. The molecule has 2 aromatic heterocycles. The average Bonchev–Trinajstić information content (AvgIpc) is 2.87. The molecule has 1 saturated carbocycles. The number of aromatic nitrogens is 2. The van der Waals surface area contributed by atoms with E-state index in [-0.39, 0.29) is 17.9 Å². The SMILES string of the molecule is Cc1sc2nc(CC(=O)NN=C3C[C@H](C)CC[C@@H]3C(C)C)[nH]c(=O)c2c1C. The van der Waals surface area contributed by atoms with E-state index in [1.807, 2.05) is 13.8 Å². The molecule has 27 heavy (non-hydrogen) atoms. The van der Waals surface area contributed by atoms with Crippen LogP contribution in [0.4, 0.5) is 0 Å². The van der Waals surface area contributed by atoms with Crippen molar-refractivity contribution in [2.75, 3.05) is 0 Å². The highest BCUT2D eigenvalue weighted by Gasteiger charge is 2.27. The highest BCUT2D eigenvalue weighted by Crippen LogP contribution is 2.31. The van der Waals surface area contributed by atoms with Gasteiger partial charge in [0.05, 0.1) is 11.8 Å². The predicted molar refractivity (Wildman–Crippen MR) is 110 cm³/mol. The third kappa shape index (κ3) is 4.29. The molecular formula is C20H28N4O2S. The van der Waals surface area contributed by atoms with E-state index in [1.54, 1.807) is 0 Å². The summed E-state index contributed by atoms with van der Waals surface area (Å²) in [6.07, 6.45) is 3.27. The molecule has 2 aromatic rings. The summed E-state index contributed by atoms with van der Waals surface area (Å²) in [6, 6.07) is 0. The van der Waals surface area contributed by atoms with Gasteiger partial charge in [-0.2, -0.15) is 5.10 Å². The van der Waals surface area contributed by atoms with Crippen molar-refractivity contribution in [2.24, 2.45) is 22.9 Å². The first-order valence-corrected chi connectivity index (χ1v) is 10.4. The molecule has 0 unspecified atom stereocenters. The lowest BCUT2D eigenvalue weighted by atomic mass is 9.76. The molecule has 0 spiro atoms. The van der Waals surface area contributed by atoms with Gasteiger partial charge in [-0.3, -0.25) is 9.59 Å². The number of hydrazone groups is 1. The molecule has 1 amide bonds. The highest BCUT2D eigenvalue weighted by atomic mass is 32.1. The molecule has 2 N–H and O–H groups in total. The third-order valence-corrected chi connectivity index (χ3v) is 6.60. The number of hydrogen-bond acceptors (Lipinski definition) is 5. The van der Waals surface area contributed by atoms with Gasteiger partial charge >= 0.3 is 0 Å². The molecular weight excluding hydrogens is 360 g/mol. The quantitative estimate of drug-likeness (QED) is 0.783. The summed E-state index contributed by atoms with van der Waals surface area (Å²) in [5, 5.41) is 5.06. The molecule has 3 rings (SSSR count). The van der Waals surface area contributed by atoms with Crippen LogP contribution in [-0.4, -0.2) is 21.6 Å². The Morgan fingerprint density at radius 2 is 2.11 bits per heavy atom. The summed E-state index contributed by atoms with van der Waals surface area (Å²) in [5.74, 6) is 1.66. The fourth-order valence-corrected chi connectivity index (χ4v) is 4.85. The lowest BCUT2D eigenvalue weighted by molar-refractivity contribution is -0.120. The molecule has 0 saturated heterocycles. The first-order chi connectivity index (χ1) is 12.8. The minimum absolute atomic E-state index is 0.0137. The number of nitrogens with zero attached hydrogens (tertiary/aromatic N) is 2. The Kier molecular flexibility index (Phi) is 5.79. The van der Waals surface area contributed by atoms with E-state index >= 15 is 0 Å². The Bertz CT molecular complexity index is 941. The van der Waals surface area contributed by atoms with Gasteiger partial charge in [0, 0.05) is 16.5 Å². The monoisotopic (exact) mass is 388 g/mol. The minimum atomic E-state index is -0.254. The Balaban J connectivity index is 1.74. The first kappa shape index (κ1) is 19.7. The van der Waals surface area contributed by atoms with Crippen LogP contribution in [0.1, 0.15) is 56.3 Å². The molecule has 6 nitrogen and oxygen atoms in total. The van der Waals surface area contributed by atoms with Crippen LogP contribution in [0.2, 0.25) is 0 Å². The van der Waals surface area contributed by atoms with Crippen LogP contribution in [0.25, 0.3) is 10.2 Å². The van der Waals surface area contributed by atoms with Gasteiger partial charge in [-0.1, -0.05) is 20.8 Å². The number of rotatable bonds is 4. The van der Waals surface area contributed by atoms with E-state index < -0.39 is 0 Å². The maximum atomic E-state index is 12.4. The molecule has 1 aliphatic rings. The van der Waals surface area contributed by atoms with Crippen molar-refractivity contribution in [3.63, 3.8) is 0 Å². The number of aromatic amines is 1. The molecule has 2 heterocycles. The van der Waals surface area contributed by atoms with Crippen molar-refractivity contribution in [2.45, 2.75) is 60.3 Å². The van der Waals surface area contributed by atoms with Crippen molar-refractivity contribution in [1.82, 2.24) is 15.4 Å². The third-order valence-electron chi connectivity index (χ3n) is 5.50. The van der Waals surface area contributed by atoms with Crippen LogP contribution >= 0.6 is 11.3 Å². The number of hydrogen-bond donors (Lipinski definition) is 2. The Labute approximate surface area is 163 Å². The van der Waals surface area contributed by atoms with Crippen molar-refractivity contribution >= 4 is 33.2 Å². The van der Waals surface area contributed by atoms with E-state index in [1.165, 1.54) is 17.8 Å². The zero-order valence-corrected chi connectivity index (χ0v) is 17.5. The number of carbonyl (C=O) groups excluding carboxylic acids is 1. The highest BCUT2D eigenvalue weighted by molar-refractivity contribution is 7.18. The summed E-state index contributed by atoms with van der Waals surface area (Å²) in [7, 11) is 0. The summed E-state index contributed by atoms with van der Waals surface area (Å²) in [4.78, 5) is 33.6. The number of H-pyrrole nitrogens is 1. The number of amides is 1. The number of nitrogens with one attached hydrogen (secondary N) is 2. The van der Waals surface area contributed by atoms with Gasteiger partial charge in [0.1, 0.15) is 10.7 Å². The largest absolute Gasteiger partial charge is 0.309 e. The predicted octanol–water partition coefficient (Wildman–Crippen LogP) is 3.71. The van der Waals surface area contributed by atoms with Gasteiger partial charge in [-0.15, -0.1) is 11.3 Å². The zero-order chi connectivity index (χ0) is 19.7. The minimum Gasteiger partial charge on any atom is -0.309 e. The smallest absolute Gasteiger partial charge is 0.259 e. The summed E-state index contributed by atoms with van der Waals surface area (Å²) < 4.78 is 0. The van der Waals surface area contributed by atoms with Gasteiger partial charge in [0.25, 0.3) is 5.56 Å². The second kappa shape index (κ2) is 7.92. The lowest BCUT2D eigenvalue weighted by Gasteiger charge is -2.30. The van der Waals surface area contributed by atoms with E-state index in [0.29, 0.717) is 33.8 Å². The summed E-state index contributed by atoms with van der Waals surface area (Å²) >= 11 is 1.48. The molecule has 0 radical (unpaired) electrons. The Morgan fingerprint density at radius 3 is 2.81 bits per heavy atom. The number of thiophene rings is 1. The van der Waals surface area contributed by atoms with Gasteiger partial charge in [0.2, 0.25) is 5.91 Å². The second-order valence-electron chi connectivity index (χ2n) is 8.03. The maximum absolute atomic E-state index is 12.4. The van der Waals surface area contributed by atoms with Crippen molar-refractivity contribution in [3.8, 4) is 0 Å². The van der Waals surface area contributed by atoms with E-state index in [2.05, 4.69) is 41.3 Å². The summed E-state index contributed by atoms with van der Waals surface area (Å²) in [5.41, 5.74) is 4.54. The van der Waals surface area contributed by atoms with Crippen LogP contribution in [0.15, 0.2) is 9.90 Å². The summed E-state index contributed by atoms with van der Waals surface area (Å²) in [6.45, 7) is 10.5. The Morgan fingerprint density at radius 1 is 1.37 bits per heavy atom. The number of carbonyl (C=O) groups is 1. The molecule has 1 aliphatic carbocycles. The topological polar surface area (TPSA) is 87.2 Å². The molecule has 2 atom stereocenters. The fourth-order valence-electron chi connectivity index (χ4n) is 3.80. The molecule has 0 bridgehead atoms. The lowest BCUT2D eigenvalue weighted by Crippen LogP contribution is -2.31. The Hall–Kier alpha value is -2.02. The molecule has 0 aliphatic heterocycles. The van der Waals surface area contributed by atoms with Gasteiger partial charge in [-0.25, -0.2) is 10.4 Å².